The Morgan fingerprint density at radius 1 is 0.812 bits per heavy atom. The van der Waals surface area contributed by atoms with Gasteiger partial charge in [-0.1, -0.05) is 0 Å². The van der Waals surface area contributed by atoms with E-state index < -0.39 is 12.1 Å². The van der Waals surface area contributed by atoms with Crippen molar-refractivity contribution in [1.82, 2.24) is 16.0 Å². The van der Waals surface area contributed by atoms with E-state index in [2.05, 4.69) is 28.6 Å². The first-order valence-electron chi connectivity index (χ1n) is 11.0. The number of carbonyl (C=O) groups excluding carboxylic acids is 4. The molecule has 0 aromatic carbocycles. The molecule has 0 radical (unpaired) electrons. The lowest BCUT2D eigenvalue weighted by molar-refractivity contribution is -0.869. The van der Waals surface area contributed by atoms with Crippen LogP contribution in [0.2, 0.25) is 0 Å². The molecule has 32 heavy (non-hydrogen) atoms. The normalized spacial score (nSPS) is 13.8. The Morgan fingerprint density at radius 3 is 1.84 bits per heavy atom. The van der Waals surface area contributed by atoms with E-state index in [-0.39, 0.29) is 54.9 Å². The number of nitrogens with two attached hydrogens (primary N) is 1. The molecule has 0 saturated carbocycles. The fourth-order valence-corrected chi connectivity index (χ4v) is 2.88. The van der Waals surface area contributed by atoms with Crippen molar-refractivity contribution in [3.8, 4) is 0 Å². The average molecular weight is 477 g/mol. The number of nitrogens with zero attached hydrogens (tertiary/aromatic N) is 2. The molecular formula is C21H44N6O4S+2. The minimum Gasteiger partial charge on any atom is -0.350 e. The molecule has 0 bridgehead atoms. The monoisotopic (exact) mass is 476 g/mol. The van der Waals surface area contributed by atoms with E-state index in [1.807, 2.05) is 42.3 Å². The van der Waals surface area contributed by atoms with Crippen molar-refractivity contribution in [3.63, 3.8) is 0 Å². The lowest BCUT2D eigenvalue weighted by atomic mass is 10.1. The Bertz CT molecular complexity index is 631. The predicted molar refractivity (Wildman–Crippen MR) is 129 cm³/mol. The second-order valence-corrected chi connectivity index (χ2v) is 10.4. The van der Waals surface area contributed by atoms with Crippen LogP contribution in [0.4, 0.5) is 0 Å². The highest BCUT2D eigenvalue weighted by molar-refractivity contribution is 7.80. The van der Waals surface area contributed by atoms with Crippen molar-refractivity contribution < 1.29 is 28.1 Å². The number of carbonyl (C=O) groups is 4. The Kier molecular flexibility index (Phi) is 13.7. The maximum atomic E-state index is 12.4. The fraction of sp³-hybridized carbons (Fsp3) is 0.810. The fourth-order valence-electron chi connectivity index (χ4n) is 2.59. The summed E-state index contributed by atoms with van der Waals surface area (Å²) in [7, 11) is 12.2. The largest absolute Gasteiger partial charge is 0.350 e. The van der Waals surface area contributed by atoms with Crippen LogP contribution >= 0.6 is 12.6 Å². The molecule has 0 aliphatic carbocycles. The Hall–Kier alpha value is -1.69. The molecule has 0 spiro atoms. The van der Waals surface area contributed by atoms with Gasteiger partial charge >= 0.3 is 0 Å². The van der Waals surface area contributed by atoms with Crippen LogP contribution in [0.5, 0.6) is 0 Å². The first-order chi connectivity index (χ1) is 14.6. The molecule has 0 rings (SSSR count). The summed E-state index contributed by atoms with van der Waals surface area (Å²) in [5, 5.41) is 8.18. The zero-order valence-electron chi connectivity index (χ0n) is 20.6. The van der Waals surface area contributed by atoms with Crippen LogP contribution < -0.4 is 21.7 Å². The van der Waals surface area contributed by atoms with Gasteiger partial charge < -0.3 is 30.7 Å². The van der Waals surface area contributed by atoms with Crippen molar-refractivity contribution in [2.75, 3.05) is 74.2 Å². The topological polar surface area (TPSA) is 130 Å². The van der Waals surface area contributed by atoms with Crippen molar-refractivity contribution in [2.45, 2.75) is 37.8 Å². The molecule has 0 fully saturated rings. The summed E-state index contributed by atoms with van der Waals surface area (Å²) < 4.78 is 1.45. The summed E-state index contributed by atoms with van der Waals surface area (Å²) in [5.74, 6) is -0.995. The van der Waals surface area contributed by atoms with Gasteiger partial charge in [0, 0.05) is 25.0 Å². The number of quaternary nitrogens is 2. The van der Waals surface area contributed by atoms with E-state index in [1.165, 1.54) is 0 Å². The second-order valence-electron chi connectivity index (χ2n) is 10.1. The van der Waals surface area contributed by atoms with Crippen LogP contribution in [0.25, 0.3) is 0 Å². The van der Waals surface area contributed by atoms with E-state index in [4.69, 9.17) is 5.73 Å². The number of likely N-dealkylation sites (N-methyl/N-ethyl adjacent to an activating group) is 2. The lowest BCUT2D eigenvalue weighted by Crippen LogP contribution is -2.47. The number of ketones is 1. The average Bonchev–Trinajstić information content (AvgIpc) is 2.66. The second kappa shape index (κ2) is 14.5. The van der Waals surface area contributed by atoms with E-state index in [0.29, 0.717) is 13.1 Å². The van der Waals surface area contributed by atoms with Gasteiger partial charge in [0.1, 0.15) is 0 Å². The molecule has 0 aliphatic rings. The van der Waals surface area contributed by atoms with Crippen molar-refractivity contribution in [1.29, 1.82) is 0 Å². The highest BCUT2D eigenvalue weighted by atomic mass is 32.1. The van der Waals surface area contributed by atoms with Crippen molar-refractivity contribution in [2.24, 2.45) is 5.73 Å². The third-order valence-corrected chi connectivity index (χ3v) is 5.08. The van der Waals surface area contributed by atoms with Crippen LogP contribution in [0, 0.1) is 0 Å². The molecule has 186 valence electrons. The third-order valence-electron chi connectivity index (χ3n) is 4.71. The first-order valence-corrected chi connectivity index (χ1v) is 11.6. The first kappa shape index (κ1) is 30.3. The van der Waals surface area contributed by atoms with Gasteiger partial charge in [-0.15, -0.1) is 0 Å². The van der Waals surface area contributed by atoms with E-state index in [1.54, 1.807) is 0 Å². The summed E-state index contributed by atoms with van der Waals surface area (Å²) in [6, 6.07) is -1.58. The van der Waals surface area contributed by atoms with E-state index in [0.717, 1.165) is 22.1 Å². The van der Waals surface area contributed by atoms with Crippen molar-refractivity contribution >= 4 is 36.1 Å². The minimum absolute atomic E-state index is 0.0209. The molecule has 0 saturated heterocycles. The van der Waals surface area contributed by atoms with Gasteiger partial charge in [-0.2, -0.15) is 12.6 Å². The van der Waals surface area contributed by atoms with Gasteiger partial charge in [-0.05, 0) is 6.42 Å². The Morgan fingerprint density at radius 2 is 1.34 bits per heavy atom. The highest BCUT2D eigenvalue weighted by Gasteiger charge is 2.22. The Labute approximate surface area is 198 Å². The zero-order valence-corrected chi connectivity index (χ0v) is 21.5. The molecule has 0 unspecified atom stereocenters. The zero-order chi connectivity index (χ0) is 24.9. The van der Waals surface area contributed by atoms with Crippen LogP contribution in [0.1, 0.15) is 25.7 Å². The third kappa shape index (κ3) is 16.0. The number of rotatable bonds is 16. The maximum absolute atomic E-state index is 12.4. The maximum Gasteiger partial charge on any atom is 0.237 e. The molecule has 0 heterocycles. The summed E-state index contributed by atoms with van der Waals surface area (Å²) in [6.07, 6.45) is 0.279. The summed E-state index contributed by atoms with van der Waals surface area (Å²) in [5.41, 5.74) is 5.86. The standard InChI is InChI=1S/C21H42N6O4S/c1-26(2,3)13-11-23-19(29)10-8-18(28)17(15-32)25-20(30)9-7-16(22)21(31)24-12-14-27(4,5)6/h16-17H,7-15,22H2,1-6H3,(H2-2,23,24,25,29,30,31,32)/p+2/t16-,17-/m0/s1. The number of amides is 3. The molecule has 0 aromatic rings. The smallest absolute Gasteiger partial charge is 0.237 e. The molecule has 0 aromatic heterocycles. The van der Waals surface area contributed by atoms with Gasteiger partial charge in [0.15, 0.2) is 5.78 Å². The number of hydrogen-bond donors (Lipinski definition) is 5. The van der Waals surface area contributed by atoms with Crippen LogP contribution in [0.15, 0.2) is 0 Å². The summed E-state index contributed by atoms with van der Waals surface area (Å²) >= 11 is 4.14. The van der Waals surface area contributed by atoms with E-state index >= 15 is 0 Å². The summed E-state index contributed by atoms with van der Waals surface area (Å²) in [6.45, 7) is 2.58. The SMILES string of the molecule is C[N+](C)(C)CCNC(=O)CCC(=O)[C@H](CS)NC(=O)CC[C@H](N)C(=O)NCC[N+](C)(C)C. The van der Waals surface area contributed by atoms with Gasteiger partial charge in [-0.3, -0.25) is 19.2 Å². The molecular weight excluding hydrogens is 432 g/mol. The molecule has 11 heteroatoms. The quantitative estimate of drug-likeness (QED) is 0.137. The van der Waals surface area contributed by atoms with Gasteiger partial charge in [0.05, 0.1) is 80.5 Å². The summed E-state index contributed by atoms with van der Waals surface area (Å²) in [4.78, 5) is 48.5. The number of hydrogen-bond acceptors (Lipinski definition) is 6. The van der Waals surface area contributed by atoms with Gasteiger partial charge in [-0.25, -0.2) is 0 Å². The Balaban J connectivity index is 4.28. The van der Waals surface area contributed by atoms with Gasteiger partial charge in [0.25, 0.3) is 0 Å². The van der Waals surface area contributed by atoms with Crippen molar-refractivity contribution in [3.05, 3.63) is 0 Å². The van der Waals surface area contributed by atoms with Gasteiger partial charge in [0.2, 0.25) is 17.7 Å². The minimum atomic E-state index is -0.797. The van der Waals surface area contributed by atoms with Crippen LogP contribution in [-0.2, 0) is 19.2 Å². The molecule has 10 nitrogen and oxygen atoms in total. The number of nitrogens with one attached hydrogen (secondary N) is 3. The van der Waals surface area contributed by atoms with Crippen LogP contribution in [-0.4, -0.2) is 119 Å². The molecule has 2 atom stereocenters. The molecule has 3 amide bonds. The molecule has 5 N–H and O–H groups in total. The van der Waals surface area contributed by atoms with Crippen LogP contribution in [0.3, 0.4) is 0 Å². The number of Topliss-reactive ketones (excluding diaryl/α,β-unsaturated/α-hetero) is 1. The van der Waals surface area contributed by atoms with E-state index in [9.17, 15) is 19.2 Å². The molecule has 0 aliphatic heterocycles. The number of thiol groups is 1. The predicted octanol–water partition coefficient (Wildman–Crippen LogP) is -1.50. The highest BCUT2D eigenvalue weighted by Crippen LogP contribution is 2.02. The lowest BCUT2D eigenvalue weighted by Gasteiger charge is -2.24.